The topological polar surface area (TPSA) is 36.9 Å². The van der Waals surface area contributed by atoms with E-state index in [4.69, 9.17) is 18.0 Å². The third-order valence-corrected chi connectivity index (χ3v) is 47.4. The van der Waals surface area contributed by atoms with Crippen LogP contribution in [0.4, 0.5) is 0 Å². The Labute approximate surface area is 341 Å². The Morgan fingerprint density at radius 2 is 0.830 bits per heavy atom. The monoisotopic (exact) mass is 905 g/mol. The first kappa shape index (κ1) is 51.9. The summed E-state index contributed by atoms with van der Waals surface area (Å²) in [5.74, 6) is 0. The fourth-order valence-corrected chi connectivity index (χ4v) is 43.9. The maximum atomic E-state index is 8.07. The average molecular weight is 904 g/mol. The van der Waals surface area contributed by atoms with Gasteiger partial charge in [-0.05, 0) is 0 Å². The van der Waals surface area contributed by atoms with Crippen molar-refractivity contribution in [1.29, 1.82) is 0 Å². The summed E-state index contributed by atoms with van der Waals surface area (Å²) in [5.41, 5.74) is 4.47. The van der Waals surface area contributed by atoms with Gasteiger partial charge in [0.15, 0.2) is 0 Å². The molecule has 0 bridgehead atoms. The molecule has 1 heterocycles. The van der Waals surface area contributed by atoms with Crippen LogP contribution < -0.4 is 0 Å². The van der Waals surface area contributed by atoms with Gasteiger partial charge in [0.25, 0.3) is 0 Å². The molecule has 0 N–H and O–H groups in total. The van der Waals surface area contributed by atoms with Gasteiger partial charge in [-0.3, -0.25) is 0 Å². The summed E-state index contributed by atoms with van der Waals surface area (Å²) in [5, 5.41) is 0. The van der Waals surface area contributed by atoms with Crippen molar-refractivity contribution >= 4 is 43.3 Å². The third kappa shape index (κ3) is 11.8. The molecule has 0 amide bonds. The second kappa shape index (κ2) is 22.9. The van der Waals surface area contributed by atoms with Crippen molar-refractivity contribution in [3.63, 3.8) is 0 Å². The van der Waals surface area contributed by atoms with E-state index in [1.807, 2.05) is 0 Å². The van der Waals surface area contributed by atoms with E-state index in [-0.39, 0.29) is 18.3 Å². The average Bonchev–Trinajstić information content (AvgIpc) is 3.05. The standard InChI is InChI=1S/C33H69O4Si3.3C4H9.Sn/c1-22(2)38(23(3)4,24(5)6)35-21-32-33(37-40(28(13)14,29(15)16)30(17)18)31(19-20-34-32)36-39(25(7)8,26(9)10)27(11)12;3*1-3-4-2;/h19,22-33H,21H2,1-18H3;3*1,3-4H2,2H3;/t31-,32-,33-;;;;/m1..../s1. The van der Waals surface area contributed by atoms with Gasteiger partial charge in [0.1, 0.15) is 0 Å². The molecular weight excluding hydrogens is 807 g/mol. The van der Waals surface area contributed by atoms with Crippen molar-refractivity contribution < 1.29 is 18.0 Å². The minimum absolute atomic E-state index is 0.108. The quantitative estimate of drug-likeness (QED) is 0.0811. The van der Waals surface area contributed by atoms with Crippen molar-refractivity contribution in [3.8, 4) is 0 Å². The molecule has 0 aromatic carbocycles. The van der Waals surface area contributed by atoms with Gasteiger partial charge in [-0.15, -0.1) is 0 Å². The Balaban J connectivity index is 4.42. The number of hydrogen-bond donors (Lipinski definition) is 0. The van der Waals surface area contributed by atoms with Crippen molar-refractivity contribution in [2.24, 2.45) is 0 Å². The third-order valence-electron chi connectivity index (χ3n) is 14.1. The zero-order valence-electron chi connectivity index (χ0n) is 39.7. The molecule has 0 unspecified atom stereocenters. The molecular formula is C45H96O4Si3Sn. The van der Waals surface area contributed by atoms with E-state index in [2.05, 4.69) is 151 Å². The van der Waals surface area contributed by atoms with Crippen molar-refractivity contribution in [3.05, 3.63) is 9.85 Å². The Morgan fingerprint density at radius 3 is 1.13 bits per heavy atom. The van der Waals surface area contributed by atoms with E-state index >= 15 is 0 Å². The van der Waals surface area contributed by atoms with Gasteiger partial charge in [-0.25, -0.2) is 0 Å². The normalized spacial score (nSPS) is 19.7. The van der Waals surface area contributed by atoms with E-state index in [1.165, 1.54) is 55.6 Å². The summed E-state index contributed by atoms with van der Waals surface area (Å²) in [6, 6.07) is 0. The summed E-state index contributed by atoms with van der Waals surface area (Å²) in [6.07, 6.45) is 9.87. The van der Waals surface area contributed by atoms with Crippen molar-refractivity contribution in [2.45, 2.75) is 265 Å². The Hall–Kier alpha value is 0.869. The van der Waals surface area contributed by atoms with Crippen LogP contribution >= 0.6 is 0 Å². The van der Waals surface area contributed by atoms with E-state index in [0.717, 1.165) is 0 Å². The second-order valence-corrected chi connectivity index (χ2v) is 49.5. The van der Waals surface area contributed by atoms with Gasteiger partial charge in [-0.2, -0.15) is 0 Å². The molecule has 0 radical (unpaired) electrons. The predicted octanol–water partition coefficient (Wildman–Crippen LogP) is 16.0. The van der Waals surface area contributed by atoms with Gasteiger partial charge in [0, 0.05) is 0 Å². The molecule has 0 spiro atoms. The first-order valence-corrected chi connectivity index (χ1v) is 36.8. The van der Waals surface area contributed by atoms with Crippen molar-refractivity contribution in [1.82, 2.24) is 0 Å². The summed E-state index contributed by atoms with van der Waals surface area (Å²) in [6.45, 7) is 51.6. The fraction of sp³-hybridized carbons (Fsp3) is 0.956. The van der Waals surface area contributed by atoms with Crippen LogP contribution in [0.15, 0.2) is 9.85 Å². The molecule has 1 rings (SSSR count). The Bertz CT molecular complexity index is 967. The molecule has 0 fully saturated rings. The number of unbranched alkanes of at least 4 members (excludes halogenated alkanes) is 3. The van der Waals surface area contributed by atoms with Gasteiger partial charge in [0.05, 0.1) is 0 Å². The van der Waals surface area contributed by atoms with E-state index in [9.17, 15) is 0 Å². The number of ether oxygens (including phenoxy) is 1. The van der Waals surface area contributed by atoms with Gasteiger partial charge >= 0.3 is 343 Å². The van der Waals surface area contributed by atoms with Gasteiger partial charge < -0.3 is 0 Å². The van der Waals surface area contributed by atoms with Crippen LogP contribution in [-0.2, 0) is 18.0 Å². The zero-order chi connectivity index (χ0) is 41.1. The summed E-state index contributed by atoms with van der Waals surface area (Å²) < 4.78 is 37.1. The zero-order valence-corrected chi connectivity index (χ0v) is 45.6. The van der Waals surface area contributed by atoms with Crippen LogP contribution in [-0.4, -0.2) is 68.2 Å². The molecule has 0 aliphatic carbocycles. The van der Waals surface area contributed by atoms with Crippen LogP contribution in [0.5, 0.6) is 0 Å². The molecule has 0 aromatic heterocycles. The molecule has 1 aliphatic heterocycles. The molecule has 0 saturated heterocycles. The fourth-order valence-electron chi connectivity index (χ4n) is 11.7. The first-order valence-electron chi connectivity index (χ1n) is 22.9. The maximum absolute atomic E-state index is 8.07. The molecule has 0 saturated carbocycles. The predicted molar refractivity (Wildman–Crippen MR) is 247 cm³/mol. The molecule has 8 heteroatoms. The van der Waals surface area contributed by atoms with Crippen LogP contribution in [0.1, 0.15) is 184 Å². The van der Waals surface area contributed by atoms with Crippen molar-refractivity contribution in [2.75, 3.05) is 6.61 Å². The van der Waals surface area contributed by atoms with E-state index in [1.54, 1.807) is 0 Å². The summed E-state index contributed by atoms with van der Waals surface area (Å²) in [4.78, 5) is 0. The van der Waals surface area contributed by atoms with E-state index < -0.39 is 43.3 Å². The van der Waals surface area contributed by atoms with Gasteiger partial charge in [-0.1, -0.05) is 0 Å². The first-order chi connectivity index (χ1) is 24.5. The minimum atomic E-state index is -3.04. The molecule has 3 atom stereocenters. The molecule has 0 aromatic rings. The van der Waals surface area contributed by atoms with Crippen LogP contribution in [0.3, 0.4) is 0 Å². The Kier molecular flexibility index (Phi) is 22.4. The summed E-state index contributed by atoms with van der Waals surface area (Å²) >= 11 is -3.04. The van der Waals surface area contributed by atoms with Crippen LogP contribution in [0.25, 0.3) is 0 Å². The molecule has 1 aliphatic rings. The number of rotatable bonds is 26. The van der Waals surface area contributed by atoms with Crippen LogP contribution in [0, 0.1) is 0 Å². The SMILES string of the molecule is CCC[CH2][Sn]([CH2]CCC)([CH2]CCC)[C]1=C[C@@H](O[Si](C(C)C)(C(C)C)C(C)C)[C@@H](O[Si](C(C)C)(C(C)C)C(C)C)[C@@H](CO[Si](C(C)C)(C(C)C)C(C)C)O1. The Morgan fingerprint density at radius 1 is 0.509 bits per heavy atom. The van der Waals surface area contributed by atoms with Gasteiger partial charge in [0.2, 0.25) is 0 Å². The molecule has 53 heavy (non-hydrogen) atoms. The summed E-state index contributed by atoms with van der Waals surface area (Å²) in [7, 11) is -6.80. The van der Waals surface area contributed by atoms with Crippen LogP contribution in [0.2, 0.25) is 63.2 Å². The molecule has 4 nitrogen and oxygen atoms in total. The van der Waals surface area contributed by atoms with E-state index in [0.29, 0.717) is 56.5 Å². The molecule has 316 valence electrons. The number of hydrogen-bond acceptors (Lipinski definition) is 4. The second-order valence-electron chi connectivity index (χ2n) is 20.2.